The van der Waals surface area contributed by atoms with Crippen molar-refractivity contribution < 1.29 is 39.6 Å². The predicted octanol–water partition coefficient (Wildman–Crippen LogP) is 3.61. The van der Waals surface area contributed by atoms with Crippen LogP contribution in [0.2, 0.25) is 0 Å². The molecule has 1 saturated heterocycles. The molecular formula is C16H13F4N3O5S. The zero-order valence-electron chi connectivity index (χ0n) is 14.5. The fourth-order valence-electron chi connectivity index (χ4n) is 2.49. The molecular weight excluding hydrogens is 422 g/mol. The van der Waals surface area contributed by atoms with Crippen molar-refractivity contribution in [3.63, 3.8) is 0 Å². The molecule has 8 nitrogen and oxygen atoms in total. The highest BCUT2D eigenvalue weighted by Gasteiger charge is 2.49. The van der Waals surface area contributed by atoms with Crippen LogP contribution >= 0.6 is 0 Å². The van der Waals surface area contributed by atoms with Gasteiger partial charge in [-0.3, -0.25) is 0 Å². The van der Waals surface area contributed by atoms with Crippen LogP contribution in [0.15, 0.2) is 24.4 Å². The summed E-state index contributed by atoms with van der Waals surface area (Å²) in [7, 11) is -6.04. The molecule has 1 aliphatic rings. The van der Waals surface area contributed by atoms with Gasteiger partial charge in [0.1, 0.15) is 6.23 Å². The number of aromatic nitrogens is 2. The number of rotatable bonds is 5. The molecule has 156 valence electrons. The van der Waals surface area contributed by atoms with Gasteiger partial charge >= 0.3 is 15.6 Å². The highest BCUT2D eigenvalue weighted by molar-refractivity contribution is 7.88. The number of halogens is 4. The monoisotopic (exact) mass is 435 g/mol. The fourth-order valence-corrected chi connectivity index (χ4v) is 2.91. The van der Waals surface area contributed by atoms with Gasteiger partial charge in [-0.2, -0.15) is 26.9 Å². The van der Waals surface area contributed by atoms with E-state index in [1.165, 1.54) is 6.07 Å². The summed E-state index contributed by atoms with van der Waals surface area (Å²) in [6, 6.07) is 4.82. The average molecular weight is 435 g/mol. The lowest BCUT2D eigenvalue weighted by atomic mass is 10.2. The van der Waals surface area contributed by atoms with Gasteiger partial charge in [-0.1, -0.05) is 0 Å². The quantitative estimate of drug-likeness (QED) is 0.401. The van der Waals surface area contributed by atoms with Crippen LogP contribution in [0.4, 0.5) is 17.6 Å². The summed E-state index contributed by atoms with van der Waals surface area (Å²) in [6.45, 7) is 0.377. The van der Waals surface area contributed by atoms with E-state index in [2.05, 4.69) is 9.28 Å². The second-order valence-electron chi connectivity index (χ2n) is 5.94. The molecule has 0 aliphatic carbocycles. The van der Waals surface area contributed by atoms with E-state index >= 15 is 0 Å². The Bertz CT molecular complexity index is 1040. The summed E-state index contributed by atoms with van der Waals surface area (Å²) in [6.07, 6.45) is 2.38. The zero-order valence-corrected chi connectivity index (χ0v) is 15.3. The van der Waals surface area contributed by atoms with Crippen molar-refractivity contribution in [1.29, 1.82) is 5.26 Å². The van der Waals surface area contributed by atoms with E-state index in [4.69, 9.17) is 14.7 Å². The first kappa shape index (κ1) is 20.9. The molecule has 1 aromatic carbocycles. The standard InChI is InChI=1S/C16H13F4N3O5S/c17-11-7-10(8-21)4-5-12(11)27-13-9-23(14-3-1-2-6-26-14)22-15(13)28-29(24,25)16(18,19)20/h4-5,7,9,14H,1-3,6H2. The lowest BCUT2D eigenvalue weighted by Gasteiger charge is -2.22. The Hall–Kier alpha value is -2.85. The largest absolute Gasteiger partial charge is 0.534 e. The maximum Gasteiger partial charge on any atom is 0.534 e. The zero-order chi connectivity index (χ0) is 21.2. The molecule has 29 heavy (non-hydrogen) atoms. The number of nitrogens with zero attached hydrogens (tertiary/aromatic N) is 3. The predicted molar refractivity (Wildman–Crippen MR) is 87.9 cm³/mol. The highest BCUT2D eigenvalue weighted by atomic mass is 32.2. The minimum Gasteiger partial charge on any atom is -0.447 e. The summed E-state index contributed by atoms with van der Waals surface area (Å²) in [4.78, 5) is 0. The van der Waals surface area contributed by atoms with Gasteiger partial charge in [0.25, 0.3) is 5.88 Å². The average Bonchev–Trinajstić information content (AvgIpc) is 3.05. The molecule has 0 amide bonds. The van der Waals surface area contributed by atoms with Crippen LogP contribution in [-0.2, 0) is 14.9 Å². The van der Waals surface area contributed by atoms with Crippen molar-refractivity contribution in [1.82, 2.24) is 9.78 Å². The van der Waals surface area contributed by atoms with Gasteiger partial charge in [-0.05, 0) is 37.5 Å². The second kappa shape index (κ2) is 7.88. The molecule has 1 fully saturated rings. The Morgan fingerprint density at radius 2 is 2.03 bits per heavy atom. The Kier molecular flexibility index (Phi) is 5.67. The lowest BCUT2D eigenvalue weighted by Crippen LogP contribution is -2.28. The topological polar surface area (TPSA) is 103 Å². The van der Waals surface area contributed by atoms with Crippen LogP contribution < -0.4 is 8.92 Å². The van der Waals surface area contributed by atoms with E-state index in [-0.39, 0.29) is 5.56 Å². The van der Waals surface area contributed by atoms with Gasteiger partial charge in [0, 0.05) is 6.61 Å². The number of alkyl halides is 3. The van der Waals surface area contributed by atoms with Gasteiger partial charge in [-0.25, -0.2) is 9.07 Å². The van der Waals surface area contributed by atoms with Crippen LogP contribution in [0.1, 0.15) is 31.1 Å². The number of ether oxygens (including phenoxy) is 2. The van der Waals surface area contributed by atoms with E-state index in [9.17, 15) is 26.0 Å². The molecule has 1 aliphatic heterocycles. The maximum atomic E-state index is 14.1. The Morgan fingerprint density at radius 3 is 2.62 bits per heavy atom. The number of hydrogen-bond donors (Lipinski definition) is 0. The molecule has 0 bridgehead atoms. The first-order valence-corrected chi connectivity index (χ1v) is 9.60. The Morgan fingerprint density at radius 1 is 1.28 bits per heavy atom. The highest BCUT2D eigenvalue weighted by Crippen LogP contribution is 2.37. The number of nitriles is 1. The number of benzene rings is 1. The summed E-state index contributed by atoms with van der Waals surface area (Å²) in [5, 5.41) is 12.4. The lowest BCUT2D eigenvalue weighted by molar-refractivity contribution is -0.0505. The molecule has 0 saturated carbocycles. The smallest absolute Gasteiger partial charge is 0.447 e. The van der Waals surface area contributed by atoms with Crippen LogP contribution in [0, 0.1) is 17.1 Å². The minimum atomic E-state index is -6.04. The molecule has 1 aromatic heterocycles. The molecule has 2 heterocycles. The van der Waals surface area contributed by atoms with Crippen molar-refractivity contribution in [2.24, 2.45) is 0 Å². The van der Waals surface area contributed by atoms with Gasteiger partial charge in [0.2, 0.25) is 5.75 Å². The van der Waals surface area contributed by atoms with E-state index < -0.39 is 45.1 Å². The molecule has 3 rings (SSSR count). The summed E-state index contributed by atoms with van der Waals surface area (Å²) in [5.74, 6) is -3.06. The molecule has 0 radical (unpaired) electrons. The van der Waals surface area contributed by atoms with E-state index in [1.54, 1.807) is 6.07 Å². The van der Waals surface area contributed by atoms with E-state index in [0.717, 1.165) is 35.9 Å². The fraction of sp³-hybridized carbons (Fsp3) is 0.375. The van der Waals surface area contributed by atoms with Crippen LogP contribution in [0.5, 0.6) is 17.4 Å². The van der Waals surface area contributed by atoms with Crippen LogP contribution in [-0.4, -0.2) is 30.3 Å². The third kappa shape index (κ3) is 4.60. The summed E-state index contributed by atoms with van der Waals surface area (Å²) < 4.78 is 90.6. The van der Waals surface area contributed by atoms with Crippen molar-refractivity contribution in [2.45, 2.75) is 31.0 Å². The summed E-state index contributed by atoms with van der Waals surface area (Å²) >= 11 is 0. The Balaban J connectivity index is 1.97. The van der Waals surface area contributed by atoms with Crippen LogP contribution in [0.25, 0.3) is 0 Å². The molecule has 13 heteroatoms. The van der Waals surface area contributed by atoms with Crippen molar-refractivity contribution >= 4 is 10.1 Å². The normalized spacial score (nSPS) is 17.6. The van der Waals surface area contributed by atoms with Crippen molar-refractivity contribution in [2.75, 3.05) is 6.61 Å². The first-order valence-electron chi connectivity index (χ1n) is 8.20. The van der Waals surface area contributed by atoms with E-state index in [0.29, 0.717) is 13.0 Å². The third-order valence-electron chi connectivity index (χ3n) is 3.87. The Labute approximate surface area is 162 Å². The molecule has 1 atom stereocenters. The van der Waals surface area contributed by atoms with E-state index in [1.807, 2.05) is 0 Å². The van der Waals surface area contributed by atoms with Crippen molar-refractivity contribution in [3.8, 4) is 23.4 Å². The molecule has 2 aromatic rings. The molecule has 0 N–H and O–H groups in total. The third-order valence-corrected chi connectivity index (χ3v) is 4.81. The first-order chi connectivity index (χ1) is 13.6. The minimum absolute atomic E-state index is 0.0164. The van der Waals surface area contributed by atoms with Crippen LogP contribution in [0.3, 0.4) is 0 Å². The SMILES string of the molecule is N#Cc1ccc(Oc2cn(C3CCCCO3)nc2OS(=O)(=O)C(F)(F)F)c(F)c1. The van der Waals surface area contributed by atoms with Gasteiger partial charge in [-0.15, -0.1) is 5.10 Å². The van der Waals surface area contributed by atoms with Gasteiger partial charge in [0.05, 0.1) is 17.8 Å². The molecule has 1 unspecified atom stereocenters. The maximum absolute atomic E-state index is 14.1. The number of hydrogen-bond acceptors (Lipinski definition) is 7. The second-order valence-corrected chi connectivity index (χ2v) is 7.48. The molecule has 0 spiro atoms. The van der Waals surface area contributed by atoms with Gasteiger partial charge < -0.3 is 13.7 Å². The van der Waals surface area contributed by atoms with Crippen molar-refractivity contribution in [3.05, 3.63) is 35.8 Å². The summed E-state index contributed by atoms with van der Waals surface area (Å²) in [5.41, 5.74) is -5.72. The van der Waals surface area contributed by atoms with Gasteiger partial charge in [0.15, 0.2) is 11.6 Å².